The zero-order chi connectivity index (χ0) is 14.8. The van der Waals surface area contributed by atoms with Crippen LogP contribution in [0.1, 0.15) is 23.4 Å². The van der Waals surface area contributed by atoms with E-state index in [1.165, 1.54) is 34.0 Å². The average molecular weight is 303 g/mol. The lowest BCUT2D eigenvalue weighted by atomic mass is 10.1. The van der Waals surface area contributed by atoms with Crippen LogP contribution in [0.2, 0.25) is 0 Å². The summed E-state index contributed by atoms with van der Waals surface area (Å²) in [6, 6.07) is 6.13. The number of nitrogen functional groups attached to an aromatic ring is 1. The molecule has 0 spiro atoms. The lowest BCUT2D eigenvalue weighted by Gasteiger charge is -2.07. The zero-order valence-electron chi connectivity index (χ0n) is 11.8. The molecule has 7 heteroatoms. The molecule has 0 fully saturated rings. The van der Waals surface area contributed by atoms with Crippen molar-refractivity contribution < 1.29 is 4.79 Å². The van der Waals surface area contributed by atoms with Gasteiger partial charge in [0.05, 0.1) is 5.75 Å². The van der Waals surface area contributed by atoms with E-state index in [0.29, 0.717) is 11.0 Å². The monoisotopic (exact) mass is 303 g/mol. The quantitative estimate of drug-likeness (QED) is 0.660. The topological polar surface area (TPSA) is 85.8 Å². The van der Waals surface area contributed by atoms with Gasteiger partial charge in [0.1, 0.15) is 5.82 Å². The van der Waals surface area contributed by atoms with Crippen LogP contribution in [0.4, 0.5) is 5.69 Å². The van der Waals surface area contributed by atoms with Crippen molar-refractivity contribution in [2.75, 3.05) is 16.9 Å². The van der Waals surface area contributed by atoms with Crippen LogP contribution in [0.5, 0.6) is 0 Å². The number of nitrogens with zero attached hydrogens (tertiary/aromatic N) is 3. The summed E-state index contributed by atoms with van der Waals surface area (Å²) in [5.74, 6) is 6.55. The number of carbonyl (C=O) groups excluding carboxylic acids is 1. The standard InChI is InChI=1S/C14H17N5OS/c1-9-17-18-14(19(9)15)21-8-13(20)16-12-6-5-10-3-2-4-11(10)7-12/h5-7H,2-4,8,15H2,1H3,(H,16,20). The van der Waals surface area contributed by atoms with Crippen LogP contribution < -0.4 is 11.2 Å². The van der Waals surface area contributed by atoms with Gasteiger partial charge in [0, 0.05) is 5.69 Å². The highest BCUT2D eigenvalue weighted by molar-refractivity contribution is 7.99. The molecule has 1 aliphatic carbocycles. The summed E-state index contributed by atoms with van der Waals surface area (Å²) in [7, 11) is 0. The number of thioether (sulfide) groups is 1. The van der Waals surface area contributed by atoms with Crippen LogP contribution in [-0.4, -0.2) is 26.5 Å². The summed E-state index contributed by atoms with van der Waals surface area (Å²) in [6.45, 7) is 1.77. The number of nitrogens with two attached hydrogens (primary N) is 1. The summed E-state index contributed by atoms with van der Waals surface area (Å²) in [4.78, 5) is 12.0. The molecular formula is C14H17N5OS. The number of hydrogen-bond acceptors (Lipinski definition) is 5. The van der Waals surface area contributed by atoms with Crippen LogP contribution in [0, 0.1) is 6.92 Å². The Morgan fingerprint density at radius 2 is 2.19 bits per heavy atom. The van der Waals surface area contributed by atoms with Crippen molar-refractivity contribution in [2.45, 2.75) is 31.3 Å². The number of nitrogens with one attached hydrogen (secondary N) is 1. The molecular weight excluding hydrogens is 286 g/mol. The molecule has 110 valence electrons. The summed E-state index contributed by atoms with van der Waals surface area (Å²) in [6.07, 6.45) is 3.45. The van der Waals surface area contributed by atoms with Crippen molar-refractivity contribution in [3.63, 3.8) is 0 Å². The molecule has 1 amide bonds. The highest BCUT2D eigenvalue weighted by Crippen LogP contribution is 2.25. The Labute approximate surface area is 127 Å². The molecule has 1 aromatic carbocycles. The van der Waals surface area contributed by atoms with Gasteiger partial charge in [-0.2, -0.15) is 0 Å². The van der Waals surface area contributed by atoms with E-state index in [1.807, 2.05) is 6.07 Å². The fourth-order valence-corrected chi connectivity index (χ4v) is 3.13. The maximum atomic E-state index is 12.0. The van der Waals surface area contributed by atoms with Gasteiger partial charge in [0.15, 0.2) is 0 Å². The van der Waals surface area contributed by atoms with Crippen LogP contribution in [0.25, 0.3) is 0 Å². The Bertz CT molecular complexity index is 682. The Morgan fingerprint density at radius 1 is 1.38 bits per heavy atom. The van der Waals surface area contributed by atoms with Gasteiger partial charge in [-0.1, -0.05) is 17.8 Å². The third-order valence-corrected chi connectivity index (χ3v) is 4.49. The summed E-state index contributed by atoms with van der Waals surface area (Å²) < 4.78 is 1.38. The van der Waals surface area contributed by atoms with Crippen molar-refractivity contribution in [1.82, 2.24) is 14.9 Å². The molecule has 21 heavy (non-hydrogen) atoms. The van der Waals surface area contributed by atoms with Crippen molar-refractivity contribution in [2.24, 2.45) is 0 Å². The second-order valence-electron chi connectivity index (χ2n) is 5.07. The van der Waals surface area contributed by atoms with E-state index in [0.717, 1.165) is 18.5 Å². The number of hydrogen-bond donors (Lipinski definition) is 2. The third-order valence-electron chi connectivity index (χ3n) is 3.55. The molecule has 1 aromatic heterocycles. The van der Waals surface area contributed by atoms with Gasteiger partial charge in [-0.15, -0.1) is 10.2 Å². The second-order valence-corrected chi connectivity index (χ2v) is 6.02. The molecule has 0 radical (unpaired) electrons. The number of rotatable bonds is 4. The van der Waals surface area contributed by atoms with Crippen LogP contribution in [0.15, 0.2) is 23.4 Å². The molecule has 1 heterocycles. The van der Waals surface area contributed by atoms with E-state index in [-0.39, 0.29) is 11.7 Å². The van der Waals surface area contributed by atoms with E-state index >= 15 is 0 Å². The van der Waals surface area contributed by atoms with Crippen LogP contribution in [-0.2, 0) is 17.6 Å². The number of anilines is 1. The number of benzene rings is 1. The minimum atomic E-state index is -0.0707. The van der Waals surface area contributed by atoms with Gasteiger partial charge in [0.2, 0.25) is 11.1 Å². The first-order valence-electron chi connectivity index (χ1n) is 6.85. The second kappa shape index (κ2) is 5.77. The maximum Gasteiger partial charge on any atom is 0.234 e. The van der Waals surface area contributed by atoms with Crippen molar-refractivity contribution in [1.29, 1.82) is 0 Å². The van der Waals surface area contributed by atoms with Gasteiger partial charge in [-0.25, -0.2) is 4.68 Å². The van der Waals surface area contributed by atoms with Gasteiger partial charge >= 0.3 is 0 Å². The first-order valence-corrected chi connectivity index (χ1v) is 7.83. The van der Waals surface area contributed by atoms with Gasteiger partial charge in [0.25, 0.3) is 0 Å². The van der Waals surface area contributed by atoms with Gasteiger partial charge in [-0.05, 0) is 49.4 Å². The smallest absolute Gasteiger partial charge is 0.234 e. The minimum absolute atomic E-state index is 0.0707. The van der Waals surface area contributed by atoms with E-state index < -0.39 is 0 Å². The fourth-order valence-electron chi connectivity index (χ4n) is 2.43. The van der Waals surface area contributed by atoms with Crippen molar-refractivity contribution >= 4 is 23.4 Å². The molecule has 3 rings (SSSR count). The average Bonchev–Trinajstić information content (AvgIpc) is 3.05. The molecule has 2 aromatic rings. The number of carbonyl (C=O) groups is 1. The maximum absolute atomic E-state index is 12.0. The molecule has 3 N–H and O–H groups in total. The third kappa shape index (κ3) is 3.02. The lowest BCUT2D eigenvalue weighted by Crippen LogP contribution is -2.16. The van der Waals surface area contributed by atoms with Crippen molar-refractivity contribution in [3.05, 3.63) is 35.2 Å². The zero-order valence-corrected chi connectivity index (χ0v) is 12.6. The highest BCUT2D eigenvalue weighted by atomic mass is 32.2. The molecule has 0 saturated carbocycles. The molecule has 0 unspecified atom stereocenters. The van der Waals surface area contributed by atoms with E-state index in [9.17, 15) is 4.79 Å². The number of fused-ring (bicyclic) bond motifs is 1. The van der Waals surface area contributed by atoms with Gasteiger partial charge < -0.3 is 11.2 Å². The van der Waals surface area contributed by atoms with E-state index in [4.69, 9.17) is 5.84 Å². The number of amides is 1. The lowest BCUT2D eigenvalue weighted by molar-refractivity contribution is -0.113. The predicted octanol–water partition coefficient (Wildman–Crippen LogP) is 1.52. The molecule has 1 aliphatic rings. The summed E-state index contributed by atoms with van der Waals surface area (Å²) >= 11 is 1.27. The van der Waals surface area contributed by atoms with Gasteiger partial charge in [-0.3, -0.25) is 4.79 Å². The highest BCUT2D eigenvalue weighted by Gasteiger charge is 2.13. The first-order chi connectivity index (χ1) is 10.1. The molecule has 0 saturated heterocycles. The SMILES string of the molecule is Cc1nnc(SCC(=O)Nc2ccc3c(c2)CCC3)n1N. The Hall–Kier alpha value is -2.02. The molecule has 6 nitrogen and oxygen atoms in total. The first kappa shape index (κ1) is 13.9. The molecule has 0 atom stereocenters. The molecule has 0 aliphatic heterocycles. The Kier molecular flexibility index (Phi) is 3.83. The van der Waals surface area contributed by atoms with Crippen LogP contribution >= 0.6 is 11.8 Å². The van der Waals surface area contributed by atoms with E-state index in [1.54, 1.807) is 6.92 Å². The summed E-state index contributed by atoms with van der Waals surface area (Å²) in [5.41, 5.74) is 3.60. The Balaban J connectivity index is 1.58. The molecule has 0 bridgehead atoms. The largest absolute Gasteiger partial charge is 0.336 e. The van der Waals surface area contributed by atoms with E-state index in [2.05, 4.69) is 27.6 Å². The normalized spacial score (nSPS) is 13.2. The summed E-state index contributed by atoms with van der Waals surface area (Å²) in [5, 5.41) is 11.2. The number of aryl methyl sites for hydroxylation is 3. The Morgan fingerprint density at radius 3 is 2.95 bits per heavy atom. The fraction of sp³-hybridized carbons (Fsp3) is 0.357. The van der Waals surface area contributed by atoms with Crippen molar-refractivity contribution in [3.8, 4) is 0 Å². The van der Waals surface area contributed by atoms with Crippen LogP contribution in [0.3, 0.4) is 0 Å². The number of aromatic nitrogens is 3. The minimum Gasteiger partial charge on any atom is -0.336 e. The predicted molar refractivity (Wildman–Crippen MR) is 82.7 cm³/mol.